The summed E-state index contributed by atoms with van der Waals surface area (Å²) in [6, 6.07) is 8.13. The third kappa shape index (κ3) is 8.09. The molecule has 0 saturated carbocycles. The summed E-state index contributed by atoms with van der Waals surface area (Å²) in [6.45, 7) is 10.5. The van der Waals surface area contributed by atoms with Crippen molar-refractivity contribution < 1.29 is 9.47 Å². The molecule has 0 amide bonds. The van der Waals surface area contributed by atoms with Gasteiger partial charge in [0.15, 0.2) is 5.96 Å². The van der Waals surface area contributed by atoms with Gasteiger partial charge in [0, 0.05) is 33.2 Å². The molecule has 1 aliphatic heterocycles. The number of aliphatic imine (C=N–C) groups is 1. The summed E-state index contributed by atoms with van der Waals surface area (Å²) in [5, 5.41) is 6.74. The smallest absolute Gasteiger partial charge is 0.191 e. The summed E-state index contributed by atoms with van der Waals surface area (Å²) in [4.78, 5) is 6.70. The molecule has 2 rings (SSSR count). The Morgan fingerprint density at radius 3 is 2.65 bits per heavy atom. The Labute approximate surface area is 174 Å². The van der Waals surface area contributed by atoms with Crippen molar-refractivity contribution in [1.29, 1.82) is 0 Å². The molecule has 0 aliphatic carbocycles. The average molecular weight is 476 g/mol. The lowest BCUT2D eigenvalue weighted by molar-refractivity contribution is 0.0389. The van der Waals surface area contributed by atoms with Gasteiger partial charge in [0.1, 0.15) is 11.9 Å². The third-order valence-electron chi connectivity index (χ3n) is 4.39. The van der Waals surface area contributed by atoms with E-state index in [2.05, 4.69) is 40.4 Å². The zero-order chi connectivity index (χ0) is 17.9. The predicted octanol–water partition coefficient (Wildman–Crippen LogP) is 2.27. The second-order valence-electron chi connectivity index (χ2n) is 6.25. The van der Waals surface area contributed by atoms with Crippen LogP contribution in [-0.2, 0) is 4.74 Å². The Morgan fingerprint density at radius 1 is 1.27 bits per heavy atom. The largest absolute Gasteiger partial charge is 0.488 e. The molecular formula is C19H33IN4O2. The number of aryl methyl sites for hydroxylation is 1. The Balaban J connectivity index is 0.00000338. The molecule has 1 aromatic rings. The van der Waals surface area contributed by atoms with Crippen LogP contribution in [0.5, 0.6) is 5.75 Å². The molecule has 2 N–H and O–H groups in total. The maximum absolute atomic E-state index is 6.12. The van der Waals surface area contributed by atoms with Gasteiger partial charge >= 0.3 is 0 Å². The zero-order valence-electron chi connectivity index (χ0n) is 16.2. The van der Waals surface area contributed by atoms with E-state index in [4.69, 9.17) is 9.47 Å². The molecule has 0 spiro atoms. The molecule has 26 heavy (non-hydrogen) atoms. The molecular weight excluding hydrogens is 443 g/mol. The Hall–Kier alpha value is -1.06. The number of ether oxygens (including phenoxy) is 2. The van der Waals surface area contributed by atoms with Crippen LogP contribution in [0.3, 0.4) is 0 Å². The van der Waals surface area contributed by atoms with Gasteiger partial charge in [-0.3, -0.25) is 9.89 Å². The van der Waals surface area contributed by atoms with Crippen LogP contribution >= 0.6 is 24.0 Å². The fourth-order valence-corrected chi connectivity index (χ4v) is 2.73. The van der Waals surface area contributed by atoms with Crippen molar-refractivity contribution in [2.75, 3.05) is 53.0 Å². The van der Waals surface area contributed by atoms with Crippen LogP contribution in [0.1, 0.15) is 18.9 Å². The lowest BCUT2D eigenvalue weighted by Crippen LogP contribution is -2.46. The number of hydrogen-bond donors (Lipinski definition) is 2. The fourth-order valence-electron chi connectivity index (χ4n) is 2.73. The molecule has 1 unspecified atom stereocenters. The van der Waals surface area contributed by atoms with Crippen molar-refractivity contribution in [3.8, 4) is 5.75 Å². The average Bonchev–Trinajstić information content (AvgIpc) is 2.65. The fraction of sp³-hybridized carbons (Fsp3) is 0.632. The molecule has 7 heteroatoms. The number of para-hydroxylation sites is 1. The minimum Gasteiger partial charge on any atom is -0.488 e. The van der Waals surface area contributed by atoms with Gasteiger partial charge in [-0.05, 0) is 25.0 Å². The number of nitrogens with zero attached hydrogens (tertiary/aromatic N) is 2. The first-order valence-electron chi connectivity index (χ1n) is 9.19. The molecule has 1 fully saturated rings. The van der Waals surface area contributed by atoms with Crippen molar-refractivity contribution >= 4 is 29.9 Å². The van der Waals surface area contributed by atoms with Crippen molar-refractivity contribution in [1.82, 2.24) is 15.5 Å². The Morgan fingerprint density at radius 2 is 2.00 bits per heavy atom. The second kappa shape index (κ2) is 13.2. The van der Waals surface area contributed by atoms with Crippen molar-refractivity contribution in [3.63, 3.8) is 0 Å². The maximum Gasteiger partial charge on any atom is 0.191 e. The summed E-state index contributed by atoms with van der Waals surface area (Å²) in [5.41, 5.74) is 1.16. The highest BCUT2D eigenvalue weighted by molar-refractivity contribution is 14.0. The van der Waals surface area contributed by atoms with E-state index in [-0.39, 0.29) is 30.1 Å². The topological polar surface area (TPSA) is 58.1 Å². The van der Waals surface area contributed by atoms with E-state index in [1.54, 1.807) is 7.05 Å². The van der Waals surface area contributed by atoms with E-state index in [1.807, 2.05) is 18.2 Å². The summed E-state index contributed by atoms with van der Waals surface area (Å²) in [6.07, 6.45) is 1.05. The number of halogens is 1. The lowest BCUT2D eigenvalue weighted by Gasteiger charge is -2.27. The van der Waals surface area contributed by atoms with Gasteiger partial charge in [0.05, 0.1) is 19.8 Å². The molecule has 0 radical (unpaired) electrons. The van der Waals surface area contributed by atoms with Gasteiger partial charge in [-0.15, -0.1) is 24.0 Å². The molecule has 148 valence electrons. The first kappa shape index (κ1) is 23.0. The standard InChI is InChI=1S/C19H32N4O2.HI/c1-4-17(25-18-8-6-5-7-16(18)2)15-22-19(20-3)21-9-10-23-11-13-24-14-12-23;/h5-8,17H,4,9-15H2,1-3H3,(H2,20,21,22);1H. The van der Waals surface area contributed by atoms with E-state index < -0.39 is 0 Å². The Bertz CT molecular complexity index is 536. The van der Waals surface area contributed by atoms with E-state index in [0.717, 1.165) is 69.6 Å². The van der Waals surface area contributed by atoms with Gasteiger partial charge in [-0.1, -0.05) is 25.1 Å². The predicted molar refractivity (Wildman–Crippen MR) is 118 cm³/mol. The van der Waals surface area contributed by atoms with E-state index in [0.29, 0.717) is 0 Å². The van der Waals surface area contributed by atoms with Crippen molar-refractivity contribution in [2.24, 2.45) is 4.99 Å². The minimum atomic E-state index is 0. The summed E-state index contributed by atoms with van der Waals surface area (Å²) >= 11 is 0. The first-order valence-corrected chi connectivity index (χ1v) is 9.19. The van der Waals surface area contributed by atoms with Gasteiger partial charge in [0.25, 0.3) is 0 Å². The van der Waals surface area contributed by atoms with Crippen LogP contribution in [0, 0.1) is 6.92 Å². The Kier molecular flexibility index (Phi) is 11.6. The van der Waals surface area contributed by atoms with Crippen LogP contribution in [0.2, 0.25) is 0 Å². The molecule has 1 atom stereocenters. The highest BCUT2D eigenvalue weighted by Gasteiger charge is 2.12. The van der Waals surface area contributed by atoms with Crippen LogP contribution < -0.4 is 15.4 Å². The molecule has 1 aromatic carbocycles. The quantitative estimate of drug-likeness (QED) is 0.343. The highest BCUT2D eigenvalue weighted by atomic mass is 127. The van der Waals surface area contributed by atoms with Crippen LogP contribution in [0.4, 0.5) is 0 Å². The second-order valence-corrected chi connectivity index (χ2v) is 6.25. The first-order chi connectivity index (χ1) is 12.2. The molecule has 1 aliphatic rings. The van der Waals surface area contributed by atoms with Gasteiger partial charge in [-0.25, -0.2) is 0 Å². The molecule has 6 nitrogen and oxygen atoms in total. The van der Waals surface area contributed by atoms with Crippen LogP contribution in [0.25, 0.3) is 0 Å². The van der Waals surface area contributed by atoms with Crippen molar-refractivity contribution in [2.45, 2.75) is 26.4 Å². The van der Waals surface area contributed by atoms with Gasteiger partial charge < -0.3 is 20.1 Å². The van der Waals surface area contributed by atoms with Crippen LogP contribution in [-0.4, -0.2) is 69.9 Å². The normalized spacial score (nSPS) is 16.5. The lowest BCUT2D eigenvalue weighted by atomic mass is 10.2. The number of guanidine groups is 1. The van der Waals surface area contributed by atoms with Gasteiger partial charge in [0.2, 0.25) is 0 Å². The number of rotatable bonds is 8. The number of nitrogens with one attached hydrogen (secondary N) is 2. The SMILES string of the molecule is CCC(CNC(=NC)NCCN1CCOCC1)Oc1ccccc1C.I. The van der Waals surface area contributed by atoms with Crippen molar-refractivity contribution in [3.05, 3.63) is 29.8 Å². The maximum atomic E-state index is 6.12. The number of hydrogen-bond acceptors (Lipinski definition) is 4. The molecule has 1 heterocycles. The highest BCUT2D eigenvalue weighted by Crippen LogP contribution is 2.18. The number of morpholine rings is 1. The molecule has 1 saturated heterocycles. The third-order valence-corrected chi connectivity index (χ3v) is 4.39. The van der Waals surface area contributed by atoms with Crippen LogP contribution in [0.15, 0.2) is 29.3 Å². The summed E-state index contributed by atoms with van der Waals surface area (Å²) in [7, 11) is 1.80. The molecule has 0 bridgehead atoms. The summed E-state index contributed by atoms with van der Waals surface area (Å²) in [5.74, 6) is 1.77. The molecule has 0 aromatic heterocycles. The zero-order valence-corrected chi connectivity index (χ0v) is 18.5. The van der Waals surface area contributed by atoms with E-state index >= 15 is 0 Å². The number of benzene rings is 1. The van der Waals surface area contributed by atoms with Gasteiger partial charge in [-0.2, -0.15) is 0 Å². The van der Waals surface area contributed by atoms with E-state index in [9.17, 15) is 0 Å². The van der Waals surface area contributed by atoms with E-state index in [1.165, 1.54) is 0 Å². The minimum absolute atomic E-state index is 0. The summed E-state index contributed by atoms with van der Waals surface area (Å²) < 4.78 is 11.5. The monoisotopic (exact) mass is 476 g/mol.